The van der Waals surface area contributed by atoms with Crippen molar-refractivity contribution in [1.29, 1.82) is 0 Å². The van der Waals surface area contributed by atoms with Crippen LogP contribution < -0.4 is 10.5 Å². The van der Waals surface area contributed by atoms with Crippen molar-refractivity contribution in [2.45, 2.75) is 31.2 Å². The van der Waals surface area contributed by atoms with Gasteiger partial charge < -0.3 is 10.5 Å². The van der Waals surface area contributed by atoms with E-state index in [1.54, 1.807) is 18.9 Å². The standard InChI is InChI=1S/C12H19NOS/c1-9-5-6-10(14-4)11(7-9)15-8-12(2,3)13/h5-7H,8,13H2,1-4H3. The molecule has 0 radical (unpaired) electrons. The van der Waals surface area contributed by atoms with E-state index in [1.807, 2.05) is 19.9 Å². The fourth-order valence-electron chi connectivity index (χ4n) is 1.16. The molecule has 0 aliphatic carbocycles. The van der Waals surface area contributed by atoms with Gasteiger partial charge in [0.05, 0.1) is 7.11 Å². The summed E-state index contributed by atoms with van der Waals surface area (Å²) in [7, 11) is 1.70. The molecule has 0 unspecified atom stereocenters. The third kappa shape index (κ3) is 4.14. The third-order valence-corrected chi connectivity index (χ3v) is 3.44. The van der Waals surface area contributed by atoms with Crippen LogP contribution in [-0.4, -0.2) is 18.4 Å². The third-order valence-electron chi connectivity index (χ3n) is 1.92. The SMILES string of the molecule is COc1ccc(C)cc1SCC(C)(C)N. The summed E-state index contributed by atoms with van der Waals surface area (Å²) in [5, 5.41) is 0. The zero-order valence-corrected chi connectivity index (χ0v) is 10.6. The largest absolute Gasteiger partial charge is 0.496 e. The summed E-state index contributed by atoms with van der Waals surface area (Å²) < 4.78 is 5.30. The lowest BCUT2D eigenvalue weighted by atomic mass is 10.1. The van der Waals surface area contributed by atoms with Crippen molar-refractivity contribution in [3.05, 3.63) is 23.8 Å². The van der Waals surface area contributed by atoms with Crippen LogP contribution >= 0.6 is 11.8 Å². The van der Waals surface area contributed by atoms with Gasteiger partial charge in [0.1, 0.15) is 5.75 Å². The van der Waals surface area contributed by atoms with Crippen LogP contribution in [-0.2, 0) is 0 Å². The maximum atomic E-state index is 5.95. The van der Waals surface area contributed by atoms with Crippen molar-refractivity contribution < 1.29 is 4.74 Å². The molecule has 0 atom stereocenters. The summed E-state index contributed by atoms with van der Waals surface area (Å²) >= 11 is 1.74. The summed E-state index contributed by atoms with van der Waals surface area (Å²) in [6.45, 7) is 6.14. The average Bonchev–Trinajstić information content (AvgIpc) is 2.14. The smallest absolute Gasteiger partial charge is 0.132 e. The minimum Gasteiger partial charge on any atom is -0.496 e. The number of aryl methyl sites for hydroxylation is 1. The average molecular weight is 225 g/mol. The Morgan fingerprint density at radius 2 is 2.07 bits per heavy atom. The second-order valence-electron chi connectivity index (χ2n) is 4.43. The molecule has 0 bridgehead atoms. The van der Waals surface area contributed by atoms with Crippen LogP contribution in [0.2, 0.25) is 0 Å². The minimum atomic E-state index is -0.153. The number of hydrogen-bond acceptors (Lipinski definition) is 3. The molecule has 1 aromatic rings. The van der Waals surface area contributed by atoms with Crippen LogP contribution in [0.15, 0.2) is 23.1 Å². The zero-order chi connectivity index (χ0) is 11.5. The van der Waals surface area contributed by atoms with Gasteiger partial charge in [0.2, 0.25) is 0 Å². The lowest BCUT2D eigenvalue weighted by Gasteiger charge is -2.18. The molecule has 0 heterocycles. The Bertz CT molecular complexity index is 331. The van der Waals surface area contributed by atoms with E-state index in [0.717, 1.165) is 16.4 Å². The van der Waals surface area contributed by atoms with Crippen molar-refractivity contribution in [2.24, 2.45) is 5.73 Å². The van der Waals surface area contributed by atoms with Gasteiger partial charge in [-0.2, -0.15) is 0 Å². The lowest BCUT2D eigenvalue weighted by molar-refractivity contribution is 0.404. The molecule has 0 aliphatic heterocycles. The summed E-state index contributed by atoms with van der Waals surface area (Å²) in [4.78, 5) is 1.16. The molecular formula is C12H19NOS. The molecule has 0 fully saturated rings. The maximum Gasteiger partial charge on any atom is 0.132 e. The van der Waals surface area contributed by atoms with Gasteiger partial charge in [-0.1, -0.05) is 6.07 Å². The maximum absolute atomic E-state index is 5.95. The first kappa shape index (κ1) is 12.4. The van der Waals surface area contributed by atoms with E-state index in [1.165, 1.54) is 5.56 Å². The van der Waals surface area contributed by atoms with E-state index in [9.17, 15) is 0 Å². The van der Waals surface area contributed by atoms with Gasteiger partial charge in [-0.15, -0.1) is 11.8 Å². The molecule has 15 heavy (non-hydrogen) atoms. The van der Waals surface area contributed by atoms with E-state index < -0.39 is 0 Å². The quantitative estimate of drug-likeness (QED) is 0.800. The lowest BCUT2D eigenvalue weighted by Crippen LogP contribution is -2.34. The molecule has 84 valence electrons. The highest BCUT2D eigenvalue weighted by Crippen LogP contribution is 2.31. The van der Waals surface area contributed by atoms with Crippen LogP contribution in [0, 0.1) is 6.92 Å². The highest BCUT2D eigenvalue weighted by atomic mass is 32.2. The van der Waals surface area contributed by atoms with Crippen LogP contribution in [0.25, 0.3) is 0 Å². The molecule has 1 aromatic carbocycles. The first-order valence-corrected chi connectivity index (χ1v) is 5.97. The van der Waals surface area contributed by atoms with Crippen molar-refractivity contribution in [2.75, 3.05) is 12.9 Å². The second kappa shape index (κ2) is 4.90. The molecule has 0 aromatic heterocycles. The van der Waals surface area contributed by atoms with Crippen molar-refractivity contribution >= 4 is 11.8 Å². The van der Waals surface area contributed by atoms with E-state index >= 15 is 0 Å². The van der Waals surface area contributed by atoms with Gasteiger partial charge in [-0.05, 0) is 38.5 Å². The number of hydrogen-bond donors (Lipinski definition) is 1. The zero-order valence-electron chi connectivity index (χ0n) is 9.83. The van der Waals surface area contributed by atoms with Gasteiger partial charge in [-0.3, -0.25) is 0 Å². The normalized spacial score (nSPS) is 11.5. The molecule has 2 N–H and O–H groups in total. The molecule has 0 spiro atoms. The fraction of sp³-hybridized carbons (Fsp3) is 0.500. The van der Waals surface area contributed by atoms with Crippen molar-refractivity contribution in [1.82, 2.24) is 0 Å². The molecule has 1 rings (SSSR count). The van der Waals surface area contributed by atoms with Crippen LogP contribution in [0.3, 0.4) is 0 Å². The number of ether oxygens (including phenoxy) is 1. The van der Waals surface area contributed by atoms with E-state index in [0.29, 0.717) is 0 Å². The highest BCUT2D eigenvalue weighted by Gasteiger charge is 2.13. The summed E-state index contributed by atoms with van der Waals surface area (Å²) in [5.74, 6) is 1.81. The summed E-state index contributed by atoms with van der Waals surface area (Å²) in [5.41, 5.74) is 7.04. The fourth-order valence-corrected chi connectivity index (χ4v) is 2.25. The Balaban J connectivity index is 2.79. The molecule has 0 amide bonds. The first-order valence-electron chi connectivity index (χ1n) is 4.99. The predicted molar refractivity (Wildman–Crippen MR) is 66.7 cm³/mol. The molecule has 0 aliphatic rings. The number of methoxy groups -OCH3 is 1. The molecule has 0 saturated carbocycles. The minimum absolute atomic E-state index is 0.153. The Hall–Kier alpha value is -0.670. The van der Waals surface area contributed by atoms with Gasteiger partial charge in [-0.25, -0.2) is 0 Å². The van der Waals surface area contributed by atoms with E-state index in [4.69, 9.17) is 10.5 Å². The van der Waals surface area contributed by atoms with Gasteiger partial charge in [0.15, 0.2) is 0 Å². The molecule has 2 nitrogen and oxygen atoms in total. The second-order valence-corrected chi connectivity index (χ2v) is 5.45. The highest BCUT2D eigenvalue weighted by molar-refractivity contribution is 7.99. The van der Waals surface area contributed by atoms with Gasteiger partial charge in [0, 0.05) is 16.2 Å². The Morgan fingerprint density at radius 1 is 1.40 bits per heavy atom. The number of nitrogens with two attached hydrogens (primary N) is 1. The van der Waals surface area contributed by atoms with Gasteiger partial charge in [0.25, 0.3) is 0 Å². The number of thioether (sulfide) groups is 1. The Kier molecular flexibility index (Phi) is 4.05. The molecule has 0 saturated heterocycles. The number of benzene rings is 1. The number of rotatable bonds is 4. The van der Waals surface area contributed by atoms with Crippen molar-refractivity contribution in [3.63, 3.8) is 0 Å². The topological polar surface area (TPSA) is 35.2 Å². The van der Waals surface area contributed by atoms with Crippen LogP contribution in [0.1, 0.15) is 19.4 Å². The Labute approximate surface area is 96.2 Å². The van der Waals surface area contributed by atoms with Crippen LogP contribution in [0.5, 0.6) is 5.75 Å². The van der Waals surface area contributed by atoms with E-state index in [2.05, 4.69) is 19.1 Å². The summed E-state index contributed by atoms with van der Waals surface area (Å²) in [6.07, 6.45) is 0. The predicted octanol–water partition coefficient (Wildman–Crippen LogP) is 2.83. The van der Waals surface area contributed by atoms with Crippen molar-refractivity contribution in [3.8, 4) is 5.75 Å². The molecular weight excluding hydrogens is 206 g/mol. The summed E-state index contributed by atoms with van der Waals surface area (Å²) in [6, 6.07) is 6.19. The van der Waals surface area contributed by atoms with Crippen LogP contribution in [0.4, 0.5) is 0 Å². The first-order chi connectivity index (χ1) is 6.92. The van der Waals surface area contributed by atoms with Gasteiger partial charge >= 0.3 is 0 Å². The Morgan fingerprint density at radius 3 is 2.60 bits per heavy atom. The molecule has 3 heteroatoms. The monoisotopic (exact) mass is 225 g/mol. The van der Waals surface area contributed by atoms with E-state index in [-0.39, 0.29) is 5.54 Å².